The van der Waals surface area contributed by atoms with E-state index in [2.05, 4.69) is 20.5 Å². The van der Waals surface area contributed by atoms with Crippen molar-refractivity contribution < 1.29 is 14.3 Å². The Morgan fingerprint density at radius 1 is 1.10 bits per heavy atom. The van der Waals surface area contributed by atoms with Gasteiger partial charge in [-0.3, -0.25) is 14.5 Å². The van der Waals surface area contributed by atoms with Crippen LogP contribution in [-0.4, -0.2) is 47.8 Å². The van der Waals surface area contributed by atoms with Crippen LogP contribution in [0.3, 0.4) is 0 Å². The number of hydrogen-bond donors (Lipinski definition) is 3. The predicted molar refractivity (Wildman–Crippen MR) is 111 cm³/mol. The van der Waals surface area contributed by atoms with Crippen LogP contribution >= 0.6 is 0 Å². The fraction of sp³-hybridized carbons (Fsp3) is 0.455. The minimum Gasteiger partial charge on any atom is -0.454 e. The van der Waals surface area contributed by atoms with Crippen molar-refractivity contribution in [1.82, 2.24) is 20.5 Å². The van der Waals surface area contributed by atoms with Gasteiger partial charge in [-0.2, -0.15) is 0 Å². The molecule has 2 atom stereocenters. The Labute approximate surface area is 174 Å². The van der Waals surface area contributed by atoms with Crippen LogP contribution in [0.15, 0.2) is 35.1 Å². The number of ether oxygens (including phenoxy) is 2. The minimum atomic E-state index is -0.389. The minimum absolute atomic E-state index is 0.125. The van der Waals surface area contributed by atoms with Gasteiger partial charge >= 0.3 is 0 Å². The number of rotatable bonds is 5. The number of carbonyl (C=O) groups excluding carboxylic acids is 1. The van der Waals surface area contributed by atoms with Gasteiger partial charge in [-0.15, -0.1) is 0 Å². The molecule has 1 aromatic carbocycles. The molecule has 4 heterocycles. The summed E-state index contributed by atoms with van der Waals surface area (Å²) in [4.78, 5) is 30.5. The lowest BCUT2D eigenvalue weighted by Gasteiger charge is -2.27. The molecule has 8 nitrogen and oxygen atoms in total. The summed E-state index contributed by atoms with van der Waals surface area (Å²) in [7, 11) is 0. The van der Waals surface area contributed by atoms with Gasteiger partial charge in [0, 0.05) is 37.4 Å². The van der Waals surface area contributed by atoms with E-state index >= 15 is 0 Å². The van der Waals surface area contributed by atoms with Crippen molar-refractivity contribution in [2.24, 2.45) is 0 Å². The molecule has 3 aliphatic rings. The Hall–Kier alpha value is -2.84. The van der Waals surface area contributed by atoms with Crippen LogP contribution < -0.4 is 25.7 Å². The molecule has 3 aliphatic heterocycles. The number of carbonyl (C=O) groups is 1. The highest BCUT2D eigenvalue weighted by molar-refractivity contribution is 5.93. The molecule has 2 saturated heterocycles. The van der Waals surface area contributed by atoms with Gasteiger partial charge in [-0.25, -0.2) is 0 Å². The zero-order chi connectivity index (χ0) is 20.5. The van der Waals surface area contributed by atoms with Crippen molar-refractivity contribution in [3.8, 4) is 11.5 Å². The van der Waals surface area contributed by atoms with Gasteiger partial charge in [0.2, 0.25) is 6.79 Å². The van der Waals surface area contributed by atoms with E-state index in [1.165, 1.54) is 12.8 Å². The van der Waals surface area contributed by atoms with Gasteiger partial charge in [0.25, 0.3) is 11.5 Å². The molecule has 0 spiro atoms. The van der Waals surface area contributed by atoms with E-state index in [1.807, 2.05) is 24.3 Å². The van der Waals surface area contributed by atoms with Crippen molar-refractivity contribution in [3.05, 3.63) is 57.5 Å². The third kappa shape index (κ3) is 3.80. The Morgan fingerprint density at radius 2 is 1.97 bits per heavy atom. The highest BCUT2D eigenvalue weighted by atomic mass is 16.7. The highest BCUT2D eigenvalue weighted by Gasteiger charge is 2.34. The lowest BCUT2D eigenvalue weighted by molar-refractivity contribution is 0.0949. The average Bonchev–Trinajstić information content (AvgIpc) is 3.29. The molecule has 0 aliphatic carbocycles. The molecule has 5 rings (SSSR count). The maximum atomic E-state index is 12.6. The van der Waals surface area contributed by atoms with E-state index in [0.717, 1.165) is 30.8 Å². The van der Waals surface area contributed by atoms with Crippen LogP contribution in [0, 0.1) is 0 Å². The lowest BCUT2D eigenvalue weighted by Crippen LogP contribution is -2.38. The van der Waals surface area contributed by atoms with Crippen molar-refractivity contribution in [2.75, 3.05) is 19.9 Å². The summed E-state index contributed by atoms with van der Waals surface area (Å²) >= 11 is 0. The van der Waals surface area contributed by atoms with Crippen molar-refractivity contribution in [3.63, 3.8) is 0 Å². The number of hydrogen-bond acceptors (Lipinski definition) is 6. The molecule has 30 heavy (non-hydrogen) atoms. The second-order valence-electron chi connectivity index (χ2n) is 8.15. The number of pyridine rings is 1. The van der Waals surface area contributed by atoms with Crippen molar-refractivity contribution in [2.45, 2.75) is 44.4 Å². The first kappa shape index (κ1) is 19.1. The number of nitrogens with zero attached hydrogens (tertiary/aromatic N) is 1. The standard InChI is InChI=1S/C22H26N4O4/c27-21(24-10-14-1-6-19-20(9-14)30-13-29-19)18-5-2-15(25-22(18)28)12-26-16-3-4-17(26)11-23-8-7-16/h1-2,5-6,9,16-17,23H,3-4,7-8,10-13H2,(H,24,27)(H,25,28)/t16-,17+/m1/s1. The third-order valence-electron chi connectivity index (χ3n) is 6.26. The van der Waals surface area contributed by atoms with Crippen molar-refractivity contribution >= 4 is 5.91 Å². The van der Waals surface area contributed by atoms with Crippen LogP contribution in [0.4, 0.5) is 0 Å². The van der Waals surface area contributed by atoms with Gasteiger partial charge < -0.3 is 25.1 Å². The summed E-state index contributed by atoms with van der Waals surface area (Å²) in [5, 5.41) is 6.30. The molecule has 0 saturated carbocycles. The van der Waals surface area contributed by atoms with Crippen LogP contribution in [0.2, 0.25) is 0 Å². The Kier molecular flexibility index (Phi) is 5.18. The summed E-state index contributed by atoms with van der Waals surface area (Å²) < 4.78 is 10.6. The van der Waals surface area contributed by atoms with E-state index in [0.29, 0.717) is 36.7 Å². The normalized spacial score (nSPS) is 22.7. The topological polar surface area (TPSA) is 95.7 Å². The summed E-state index contributed by atoms with van der Waals surface area (Å²) in [6, 6.07) is 10.1. The Morgan fingerprint density at radius 3 is 2.87 bits per heavy atom. The van der Waals surface area contributed by atoms with Gasteiger partial charge in [-0.05, 0) is 55.6 Å². The molecular formula is C22H26N4O4. The van der Waals surface area contributed by atoms with E-state index in [-0.39, 0.29) is 23.8 Å². The largest absolute Gasteiger partial charge is 0.454 e. The second-order valence-corrected chi connectivity index (χ2v) is 8.15. The summed E-state index contributed by atoms with van der Waals surface area (Å²) in [6.07, 6.45) is 3.56. The molecule has 2 fully saturated rings. The number of aromatic amines is 1. The van der Waals surface area contributed by atoms with E-state index in [1.54, 1.807) is 6.07 Å². The van der Waals surface area contributed by atoms with Gasteiger partial charge in [0.05, 0.1) is 0 Å². The molecule has 8 heteroatoms. The van der Waals surface area contributed by atoms with Gasteiger partial charge in [0.15, 0.2) is 11.5 Å². The van der Waals surface area contributed by atoms with Gasteiger partial charge in [-0.1, -0.05) is 6.07 Å². The van der Waals surface area contributed by atoms with Gasteiger partial charge in [0.1, 0.15) is 5.56 Å². The molecule has 1 amide bonds. The van der Waals surface area contributed by atoms with Crippen LogP contribution in [0.1, 0.15) is 40.9 Å². The molecule has 1 aromatic heterocycles. The SMILES string of the molecule is O=C(NCc1ccc2c(c1)OCO2)c1ccc(CN2[C@H]3CCNC[C@@H]2CC3)[nH]c1=O. The zero-order valence-electron chi connectivity index (χ0n) is 16.8. The first-order valence-electron chi connectivity index (χ1n) is 10.5. The van der Waals surface area contributed by atoms with E-state index in [4.69, 9.17) is 9.47 Å². The summed E-state index contributed by atoms with van der Waals surface area (Å²) in [5.41, 5.74) is 1.51. The smallest absolute Gasteiger partial charge is 0.261 e. The predicted octanol–water partition coefficient (Wildman–Crippen LogP) is 1.36. The number of aromatic nitrogens is 1. The van der Waals surface area contributed by atoms with E-state index in [9.17, 15) is 9.59 Å². The molecule has 2 bridgehead atoms. The number of H-pyrrole nitrogens is 1. The number of amides is 1. The second kappa shape index (κ2) is 8.12. The lowest BCUT2D eigenvalue weighted by atomic mass is 10.1. The van der Waals surface area contributed by atoms with Crippen molar-refractivity contribution in [1.29, 1.82) is 0 Å². The molecule has 158 valence electrons. The van der Waals surface area contributed by atoms with Crippen LogP contribution in [-0.2, 0) is 13.1 Å². The Bertz CT molecular complexity index is 991. The molecular weight excluding hydrogens is 384 g/mol. The summed E-state index contributed by atoms with van der Waals surface area (Å²) in [5.74, 6) is 0.979. The first-order chi connectivity index (χ1) is 14.7. The quantitative estimate of drug-likeness (QED) is 0.689. The summed E-state index contributed by atoms with van der Waals surface area (Å²) in [6.45, 7) is 3.28. The fourth-order valence-electron chi connectivity index (χ4n) is 4.65. The maximum Gasteiger partial charge on any atom is 0.261 e. The highest BCUT2D eigenvalue weighted by Crippen LogP contribution is 2.32. The third-order valence-corrected chi connectivity index (χ3v) is 6.26. The molecule has 0 radical (unpaired) electrons. The average molecular weight is 410 g/mol. The van der Waals surface area contributed by atoms with E-state index < -0.39 is 0 Å². The first-order valence-corrected chi connectivity index (χ1v) is 10.5. The fourth-order valence-corrected chi connectivity index (χ4v) is 4.65. The number of fused-ring (bicyclic) bond motifs is 3. The number of nitrogens with one attached hydrogen (secondary N) is 3. The molecule has 0 unspecified atom stereocenters. The molecule has 2 aromatic rings. The van der Waals surface area contributed by atoms with Crippen LogP contribution in [0.5, 0.6) is 11.5 Å². The maximum absolute atomic E-state index is 12.6. The van der Waals surface area contributed by atoms with Crippen LogP contribution in [0.25, 0.3) is 0 Å². The zero-order valence-corrected chi connectivity index (χ0v) is 16.8. The Balaban J connectivity index is 1.23. The number of benzene rings is 1. The monoisotopic (exact) mass is 410 g/mol. The molecule has 3 N–H and O–H groups in total.